The fourth-order valence-electron chi connectivity index (χ4n) is 7.01. The highest BCUT2D eigenvalue weighted by molar-refractivity contribution is 6.17. The van der Waals surface area contributed by atoms with Crippen LogP contribution in [0.25, 0.3) is 49.4 Å². The van der Waals surface area contributed by atoms with Gasteiger partial charge >= 0.3 is 0 Å². The van der Waals surface area contributed by atoms with E-state index in [2.05, 4.69) is 58.4 Å². The molecule has 1 unspecified atom stereocenters. The van der Waals surface area contributed by atoms with Gasteiger partial charge in [-0.05, 0) is 54.1 Å². The predicted molar refractivity (Wildman–Crippen MR) is 187 cm³/mol. The van der Waals surface area contributed by atoms with Crippen LogP contribution in [-0.2, 0) is 0 Å². The van der Waals surface area contributed by atoms with Crippen LogP contribution >= 0.6 is 0 Å². The smallest absolute Gasteiger partial charge is 0.136 e. The molecule has 3 heterocycles. The average Bonchev–Trinajstić information content (AvgIpc) is 3.67. The summed E-state index contributed by atoms with van der Waals surface area (Å²) in [6.07, 6.45) is 0. The second-order valence-corrected chi connectivity index (χ2v) is 11.8. The zero-order valence-electron chi connectivity index (χ0n) is 25.3. The maximum Gasteiger partial charge on any atom is 0.136 e. The molecule has 7 heteroatoms. The lowest BCUT2D eigenvalue weighted by atomic mass is 9.88. The van der Waals surface area contributed by atoms with Crippen LogP contribution in [-0.4, -0.2) is 10.4 Å². The normalized spacial score (nSPS) is 13.9. The summed E-state index contributed by atoms with van der Waals surface area (Å²) >= 11 is 0. The van der Waals surface area contributed by atoms with Gasteiger partial charge in [-0.1, -0.05) is 72.8 Å². The fourth-order valence-corrected chi connectivity index (χ4v) is 7.01. The second kappa shape index (κ2) is 10.5. The molecular formula is C41H22N6O. The lowest BCUT2D eigenvalue weighted by molar-refractivity contribution is 0.669. The summed E-state index contributed by atoms with van der Waals surface area (Å²) in [4.78, 5) is 5.09. The van der Waals surface area contributed by atoms with Crippen LogP contribution in [0, 0.1) is 34.0 Å². The second-order valence-electron chi connectivity index (χ2n) is 11.8. The van der Waals surface area contributed by atoms with Crippen molar-refractivity contribution in [1.82, 2.24) is 4.57 Å². The summed E-state index contributed by atoms with van der Waals surface area (Å²) < 4.78 is 8.42. The van der Waals surface area contributed by atoms with E-state index in [4.69, 9.17) is 9.41 Å². The number of nitrogens with zero attached hydrogens (tertiary/aromatic N) is 5. The lowest BCUT2D eigenvalue weighted by Crippen LogP contribution is -2.23. The van der Waals surface area contributed by atoms with Crippen molar-refractivity contribution in [3.05, 3.63) is 155 Å². The molecule has 7 nitrogen and oxygen atoms in total. The molecule has 1 aliphatic rings. The van der Waals surface area contributed by atoms with E-state index in [0.717, 1.165) is 55.0 Å². The number of hydrogen-bond donors (Lipinski definition) is 1. The van der Waals surface area contributed by atoms with Crippen molar-refractivity contribution >= 4 is 55.3 Å². The average molecular weight is 615 g/mol. The SMILES string of the molecule is N#Cc1cc(C#N)c2c(c1)NC(c1ccccc1)=NC2c1ccc(-n2c3ccccc3c3cc4oc5ccccc5c4cc32)cc1C#N. The Labute approximate surface area is 274 Å². The third-order valence-electron chi connectivity index (χ3n) is 9.14. The van der Waals surface area contributed by atoms with Gasteiger partial charge in [0.05, 0.1) is 45.9 Å². The number of nitriles is 3. The van der Waals surface area contributed by atoms with Crippen LogP contribution in [0.2, 0.25) is 0 Å². The fraction of sp³-hybridized carbons (Fsp3) is 0.0244. The molecule has 8 aromatic rings. The van der Waals surface area contributed by atoms with Crippen LogP contribution in [0.4, 0.5) is 5.69 Å². The molecule has 0 saturated heterocycles. The maximum absolute atomic E-state index is 10.6. The molecule has 1 N–H and O–H groups in total. The van der Waals surface area contributed by atoms with Crippen LogP contribution in [0.1, 0.15) is 39.4 Å². The molecule has 0 bridgehead atoms. The first kappa shape index (κ1) is 27.2. The van der Waals surface area contributed by atoms with Crippen molar-refractivity contribution in [2.24, 2.45) is 4.99 Å². The highest BCUT2D eigenvalue weighted by atomic mass is 16.3. The molecule has 0 spiro atoms. The molecule has 0 fully saturated rings. The van der Waals surface area contributed by atoms with Gasteiger partial charge in [0.2, 0.25) is 0 Å². The molecule has 0 aliphatic carbocycles. The van der Waals surface area contributed by atoms with Gasteiger partial charge in [-0.25, -0.2) is 0 Å². The first-order valence-electron chi connectivity index (χ1n) is 15.4. The predicted octanol–water partition coefficient (Wildman–Crippen LogP) is 9.26. The number of anilines is 1. The van der Waals surface area contributed by atoms with Crippen molar-refractivity contribution in [3.8, 4) is 23.9 Å². The molecule has 0 saturated carbocycles. The molecule has 0 amide bonds. The number of fused-ring (bicyclic) bond motifs is 7. The number of aliphatic imine (C=N–C) groups is 1. The van der Waals surface area contributed by atoms with Gasteiger partial charge in [-0.2, -0.15) is 15.8 Å². The standard InChI is InChI=1S/C41H22N6O/c42-21-24-16-27(23-44)39-34(17-24)45-41(25-8-2-1-3-9-25)46-40(39)29-15-14-28(18-26(29)22-43)47-35-12-6-4-10-30(35)32-20-38-33(19-36(32)47)31-11-5-7-13-37(31)48-38/h1-20,40H,(H,45,46). The van der Waals surface area contributed by atoms with Gasteiger partial charge in [-0.3, -0.25) is 4.99 Å². The molecule has 9 rings (SSSR count). The van der Waals surface area contributed by atoms with Crippen LogP contribution in [0.3, 0.4) is 0 Å². The minimum Gasteiger partial charge on any atom is -0.456 e. The quantitative estimate of drug-likeness (QED) is 0.213. The van der Waals surface area contributed by atoms with Gasteiger partial charge in [0.1, 0.15) is 23.0 Å². The number of amidine groups is 1. The Hall–Kier alpha value is -7.14. The number of furan rings is 1. The Morgan fingerprint density at radius 2 is 1.40 bits per heavy atom. The summed E-state index contributed by atoms with van der Waals surface area (Å²) in [5, 5.41) is 38.1. The minimum absolute atomic E-state index is 0.337. The Kier molecular flexibility index (Phi) is 5.93. The molecule has 1 aliphatic heterocycles. The number of benzene rings is 6. The molecular weight excluding hydrogens is 592 g/mol. The molecule has 1 atom stereocenters. The van der Waals surface area contributed by atoms with Crippen molar-refractivity contribution < 1.29 is 4.42 Å². The van der Waals surface area contributed by atoms with E-state index in [1.54, 1.807) is 12.1 Å². The Bertz CT molecular complexity index is 2800. The van der Waals surface area contributed by atoms with Crippen LogP contribution in [0.15, 0.2) is 131 Å². The van der Waals surface area contributed by atoms with E-state index in [1.165, 1.54) is 0 Å². The Balaban J connectivity index is 1.28. The summed E-state index contributed by atoms with van der Waals surface area (Å²) in [5.41, 5.74) is 8.42. The van der Waals surface area contributed by atoms with E-state index in [0.29, 0.717) is 39.3 Å². The van der Waals surface area contributed by atoms with E-state index in [1.807, 2.05) is 78.9 Å². The van der Waals surface area contributed by atoms with Gasteiger partial charge in [0.15, 0.2) is 0 Å². The lowest BCUT2D eigenvalue weighted by Gasteiger charge is -2.27. The molecule has 48 heavy (non-hydrogen) atoms. The van der Waals surface area contributed by atoms with E-state index < -0.39 is 6.04 Å². The summed E-state index contributed by atoms with van der Waals surface area (Å²) in [6, 6.07) is 45.6. The zero-order valence-corrected chi connectivity index (χ0v) is 25.3. The molecule has 0 radical (unpaired) electrons. The summed E-state index contributed by atoms with van der Waals surface area (Å²) in [5.74, 6) is 0.596. The van der Waals surface area contributed by atoms with Gasteiger partial charge < -0.3 is 14.3 Å². The van der Waals surface area contributed by atoms with Crippen molar-refractivity contribution in [1.29, 1.82) is 15.8 Å². The zero-order chi connectivity index (χ0) is 32.4. The van der Waals surface area contributed by atoms with Crippen LogP contribution in [0.5, 0.6) is 0 Å². The van der Waals surface area contributed by atoms with E-state index >= 15 is 0 Å². The third-order valence-corrected chi connectivity index (χ3v) is 9.14. The Morgan fingerprint density at radius 1 is 0.625 bits per heavy atom. The van der Waals surface area contributed by atoms with Gasteiger partial charge in [0.25, 0.3) is 0 Å². The van der Waals surface area contributed by atoms with Gasteiger partial charge in [0, 0.05) is 44.0 Å². The maximum atomic E-state index is 10.6. The number of rotatable bonds is 3. The van der Waals surface area contributed by atoms with E-state index in [9.17, 15) is 15.8 Å². The number of aromatic nitrogens is 1. The highest BCUT2D eigenvalue weighted by Gasteiger charge is 2.30. The van der Waals surface area contributed by atoms with Crippen molar-refractivity contribution in [2.45, 2.75) is 6.04 Å². The first-order valence-corrected chi connectivity index (χ1v) is 15.4. The summed E-state index contributed by atoms with van der Waals surface area (Å²) in [6.45, 7) is 0. The first-order chi connectivity index (χ1) is 23.6. The highest BCUT2D eigenvalue weighted by Crippen LogP contribution is 2.42. The van der Waals surface area contributed by atoms with E-state index in [-0.39, 0.29) is 0 Å². The Morgan fingerprint density at radius 3 is 2.21 bits per heavy atom. The molecule has 2 aromatic heterocycles. The van der Waals surface area contributed by atoms with Crippen molar-refractivity contribution in [3.63, 3.8) is 0 Å². The number of hydrogen-bond acceptors (Lipinski definition) is 6. The number of para-hydroxylation sites is 2. The summed E-state index contributed by atoms with van der Waals surface area (Å²) in [7, 11) is 0. The monoisotopic (exact) mass is 614 g/mol. The number of nitrogens with one attached hydrogen (secondary N) is 1. The topological polar surface area (TPSA) is 114 Å². The van der Waals surface area contributed by atoms with Crippen LogP contribution < -0.4 is 5.32 Å². The molecule has 222 valence electrons. The van der Waals surface area contributed by atoms with Gasteiger partial charge in [-0.15, -0.1) is 0 Å². The third kappa shape index (κ3) is 4.01. The minimum atomic E-state index is -0.655. The van der Waals surface area contributed by atoms with Crippen molar-refractivity contribution in [2.75, 3.05) is 5.32 Å². The molecule has 6 aromatic carbocycles. The largest absolute Gasteiger partial charge is 0.456 e.